The lowest BCUT2D eigenvalue weighted by molar-refractivity contribution is 0.148. The predicted octanol–water partition coefficient (Wildman–Crippen LogP) is 2.22. The van der Waals surface area contributed by atoms with E-state index in [1.165, 1.54) is 12.8 Å². The molecule has 2 N–H and O–H groups in total. The average Bonchev–Trinajstić information content (AvgIpc) is 3.07. The van der Waals surface area contributed by atoms with Gasteiger partial charge >= 0.3 is 0 Å². The number of aliphatic hydroxyl groups is 1. The maximum Gasteiger partial charge on any atom is 0.240 e. The van der Waals surface area contributed by atoms with Crippen molar-refractivity contribution in [3.63, 3.8) is 0 Å². The molecule has 1 saturated heterocycles. The Morgan fingerprint density at radius 2 is 2.25 bits per heavy atom. The van der Waals surface area contributed by atoms with E-state index in [1.54, 1.807) is 12.3 Å². The molecular formula is C17H21N5O2. The number of ether oxygens (including phenoxy) is 1. The van der Waals surface area contributed by atoms with Crippen LogP contribution >= 0.6 is 0 Å². The fraction of sp³-hybridized carbons (Fsp3) is 0.588. The Balaban J connectivity index is 1.34. The van der Waals surface area contributed by atoms with Crippen LogP contribution in [0, 0.1) is 5.41 Å². The molecule has 0 amide bonds. The zero-order chi connectivity index (χ0) is 16.1. The van der Waals surface area contributed by atoms with E-state index in [0.717, 1.165) is 31.5 Å². The van der Waals surface area contributed by atoms with E-state index in [2.05, 4.69) is 25.1 Å². The second kappa shape index (κ2) is 5.17. The van der Waals surface area contributed by atoms with Gasteiger partial charge in [0.15, 0.2) is 0 Å². The van der Waals surface area contributed by atoms with Crippen molar-refractivity contribution in [1.82, 2.24) is 20.2 Å². The molecule has 2 atom stereocenters. The average molecular weight is 327 g/mol. The van der Waals surface area contributed by atoms with E-state index in [1.807, 2.05) is 6.07 Å². The number of hydrogen-bond acceptors (Lipinski definition) is 6. The molecule has 7 heteroatoms. The first-order valence-corrected chi connectivity index (χ1v) is 8.68. The molecule has 2 unspecified atom stereocenters. The summed E-state index contributed by atoms with van der Waals surface area (Å²) in [6.45, 7) is 1.07. The van der Waals surface area contributed by atoms with Crippen LogP contribution in [0.1, 0.15) is 43.7 Å². The largest absolute Gasteiger partial charge is 0.419 e. The Hall–Kier alpha value is -2.15. The number of aromatic nitrogens is 4. The van der Waals surface area contributed by atoms with Crippen molar-refractivity contribution >= 4 is 5.95 Å². The van der Waals surface area contributed by atoms with Gasteiger partial charge in [-0.05, 0) is 32.1 Å². The number of nitrogens with one attached hydrogen (secondary N) is 1. The molecule has 5 rings (SSSR count). The third-order valence-electron chi connectivity index (χ3n) is 5.63. The lowest BCUT2D eigenvalue weighted by Crippen LogP contribution is -2.37. The summed E-state index contributed by atoms with van der Waals surface area (Å²) < 4.78 is 5.80. The van der Waals surface area contributed by atoms with Gasteiger partial charge in [-0.15, -0.1) is 5.10 Å². The minimum atomic E-state index is 0.0340. The molecule has 2 aromatic rings. The van der Waals surface area contributed by atoms with Crippen molar-refractivity contribution in [3.8, 4) is 11.8 Å². The molecule has 2 saturated carbocycles. The molecule has 24 heavy (non-hydrogen) atoms. The molecule has 2 aliphatic carbocycles. The van der Waals surface area contributed by atoms with Gasteiger partial charge in [0, 0.05) is 47.9 Å². The number of anilines is 1. The predicted molar refractivity (Wildman–Crippen MR) is 87.2 cm³/mol. The molecule has 0 spiro atoms. The van der Waals surface area contributed by atoms with E-state index in [9.17, 15) is 5.11 Å². The topological polar surface area (TPSA) is 87.2 Å². The van der Waals surface area contributed by atoms with Gasteiger partial charge in [0.2, 0.25) is 17.7 Å². The SMILES string of the molecule is OCC12CCC(C1)N(c1nccc(Oc3cc(C4CC4)[nH]n3)n1)C2. The van der Waals surface area contributed by atoms with Crippen LogP contribution in [0.4, 0.5) is 5.95 Å². The minimum Gasteiger partial charge on any atom is -0.419 e. The number of fused-ring (bicyclic) bond motifs is 2. The molecule has 2 bridgehead atoms. The first kappa shape index (κ1) is 14.2. The fourth-order valence-electron chi connectivity index (χ4n) is 4.11. The number of aromatic amines is 1. The van der Waals surface area contributed by atoms with Gasteiger partial charge in [-0.3, -0.25) is 5.10 Å². The summed E-state index contributed by atoms with van der Waals surface area (Å²) in [5.41, 5.74) is 1.17. The van der Waals surface area contributed by atoms with E-state index in [4.69, 9.17) is 4.74 Å². The molecule has 0 radical (unpaired) electrons. The Labute approximate surface area is 140 Å². The minimum absolute atomic E-state index is 0.0340. The van der Waals surface area contributed by atoms with Crippen LogP contribution in [0.2, 0.25) is 0 Å². The monoisotopic (exact) mass is 327 g/mol. The highest BCUT2D eigenvalue weighted by Crippen LogP contribution is 2.48. The maximum absolute atomic E-state index is 9.71. The second-order valence-corrected chi connectivity index (χ2v) is 7.42. The smallest absolute Gasteiger partial charge is 0.240 e. The molecule has 3 fully saturated rings. The highest BCUT2D eigenvalue weighted by atomic mass is 16.5. The molecular weight excluding hydrogens is 306 g/mol. The summed E-state index contributed by atoms with van der Waals surface area (Å²) in [7, 11) is 0. The Morgan fingerprint density at radius 1 is 1.33 bits per heavy atom. The number of rotatable bonds is 5. The summed E-state index contributed by atoms with van der Waals surface area (Å²) in [6, 6.07) is 4.14. The van der Waals surface area contributed by atoms with Crippen molar-refractivity contribution < 1.29 is 9.84 Å². The molecule has 1 aliphatic heterocycles. The molecule has 0 aromatic carbocycles. The van der Waals surface area contributed by atoms with Crippen LogP contribution < -0.4 is 9.64 Å². The first-order valence-electron chi connectivity index (χ1n) is 8.68. The Kier molecular flexibility index (Phi) is 3.06. The Bertz CT molecular complexity index is 759. The normalized spacial score (nSPS) is 28.5. The third kappa shape index (κ3) is 2.34. The zero-order valence-corrected chi connectivity index (χ0v) is 13.5. The fourth-order valence-corrected chi connectivity index (χ4v) is 4.11. The lowest BCUT2D eigenvalue weighted by atomic mass is 9.89. The van der Waals surface area contributed by atoms with Crippen molar-refractivity contribution in [2.24, 2.45) is 5.41 Å². The van der Waals surface area contributed by atoms with Crippen LogP contribution in [0.5, 0.6) is 11.8 Å². The number of aliphatic hydroxyl groups excluding tert-OH is 1. The van der Waals surface area contributed by atoms with Crippen LogP contribution in [0.3, 0.4) is 0 Å². The van der Waals surface area contributed by atoms with Crippen molar-refractivity contribution in [1.29, 1.82) is 0 Å². The highest BCUT2D eigenvalue weighted by Gasteiger charge is 2.49. The quantitative estimate of drug-likeness (QED) is 0.875. The van der Waals surface area contributed by atoms with E-state index >= 15 is 0 Å². The molecule has 126 valence electrons. The van der Waals surface area contributed by atoms with Crippen molar-refractivity contribution in [3.05, 3.63) is 24.0 Å². The van der Waals surface area contributed by atoms with Gasteiger partial charge in [0.1, 0.15) is 0 Å². The Morgan fingerprint density at radius 3 is 3.04 bits per heavy atom. The second-order valence-electron chi connectivity index (χ2n) is 7.42. The number of hydrogen-bond donors (Lipinski definition) is 2. The van der Waals surface area contributed by atoms with Crippen LogP contribution in [0.25, 0.3) is 0 Å². The van der Waals surface area contributed by atoms with E-state index in [-0.39, 0.29) is 12.0 Å². The molecule has 3 heterocycles. The summed E-state index contributed by atoms with van der Waals surface area (Å²) in [5, 5.41) is 16.9. The first-order chi connectivity index (χ1) is 11.7. The third-order valence-corrected chi connectivity index (χ3v) is 5.63. The highest BCUT2D eigenvalue weighted by molar-refractivity contribution is 5.39. The zero-order valence-electron chi connectivity index (χ0n) is 13.5. The van der Waals surface area contributed by atoms with Crippen LogP contribution in [-0.2, 0) is 0 Å². The van der Waals surface area contributed by atoms with Crippen molar-refractivity contribution in [2.45, 2.75) is 44.1 Å². The van der Waals surface area contributed by atoms with Crippen LogP contribution in [-0.4, -0.2) is 44.5 Å². The molecule has 7 nitrogen and oxygen atoms in total. The van der Waals surface area contributed by atoms with Gasteiger partial charge in [-0.1, -0.05) is 0 Å². The van der Waals surface area contributed by atoms with Gasteiger partial charge < -0.3 is 14.7 Å². The molecule has 2 aromatic heterocycles. The summed E-state index contributed by atoms with van der Waals surface area (Å²) in [6.07, 6.45) is 7.40. The summed E-state index contributed by atoms with van der Waals surface area (Å²) in [5.74, 6) is 2.36. The lowest BCUT2D eigenvalue weighted by Gasteiger charge is -2.31. The van der Waals surface area contributed by atoms with E-state index < -0.39 is 0 Å². The number of nitrogens with zero attached hydrogens (tertiary/aromatic N) is 4. The molecule has 3 aliphatic rings. The van der Waals surface area contributed by atoms with Gasteiger partial charge in [-0.25, -0.2) is 4.98 Å². The summed E-state index contributed by atoms with van der Waals surface area (Å²) >= 11 is 0. The van der Waals surface area contributed by atoms with Gasteiger partial charge in [0.25, 0.3) is 0 Å². The van der Waals surface area contributed by atoms with Gasteiger partial charge in [0.05, 0.1) is 6.61 Å². The maximum atomic E-state index is 9.71. The van der Waals surface area contributed by atoms with E-state index in [0.29, 0.717) is 29.7 Å². The summed E-state index contributed by atoms with van der Waals surface area (Å²) in [4.78, 5) is 11.2. The van der Waals surface area contributed by atoms with Gasteiger partial charge in [-0.2, -0.15) is 4.98 Å². The van der Waals surface area contributed by atoms with Crippen molar-refractivity contribution in [2.75, 3.05) is 18.1 Å². The number of H-pyrrole nitrogens is 1. The van der Waals surface area contributed by atoms with Crippen LogP contribution in [0.15, 0.2) is 18.3 Å². The standard InChI is InChI=1S/C17H21N5O2/c23-10-17-5-3-12(8-17)22(9-17)16-18-6-4-14(19-16)24-15-7-13(20-21-15)11-1-2-11/h4,6-7,11-12,23H,1-3,5,8-10H2,(H,20,21). The number of piperidine rings is 1.